The molecule has 88 valence electrons. The second-order valence-corrected chi connectivity index (χ2v) is 4.17. The van der Waals surface area contributed by atoms with Gasteiger partial charge >= 0.3 is 0 Å². The molecule has 1 fully saturated rings. The van der Waals surface area contributed by atoms with E-state index in [0.29, 0.717) is 24.6 Å². The first kappa shape index (κ1) is 11.7. The highest BCUT2D eigenvalue weighted by atomic mass is 16.1. The summed E-state index contributed by atoms with van der Waals surface area (Å²) in [5.41, 5.74) is 6.97. The number of benzene rings is 1. The predicted octanol–water partition coefficient (Wildman–Crippen LogP) is 1.28. The van der Waals surface area contributed by atoms with Crippen LogP contribution in [-0.2, 0) is 0 Å². The quantitative estimate of drug-likeness (QED) is 0.766. The van der Waals surface area contributed by atoms with Crippen LogP contribution in [0.3, 0.4) is 0 Å². The van der Waals surface area contributed by atoms with E-state index in [1.165, 1.54) is 0 Å². The lowest BCUT2D eigenvalue weighted by Crippen LogP contribution is -2.25. The van der Waals surface area contributed by atoms with E-state index in [4.69, 9.17) is 5.73 Å². The first-order valence-electron chi connectivity index (χ1n) is 5.89. The van der Waals surface area contributed by atoms with Crippen molar-refractivity contribution in [1.29, 1.82) is 0 Å². The molecule has 1 saturated carbocycles. The van der Waals surface area contributed by atoms with E-state index in [9.17, 15) is 4.79 Å². The molecule has 2 rings (SSSR count). The van der Waals surface area contributed by atoms with E-state index in [2.05, 4.69) is 17.2 Å². The molecule has 3 nitrogen and oxygen atoms in total. The molecule has 3 heteroatoms. The monoisotopic (exact) mass is 228 g/mol. The summed E-state index contributed by atoms with van der Waals surface area (Å²) in [6, 6.07) is 7.75. The Kier molecular flexibility index (Phi) is 3.79. The minimum absolute atomic E-state index is 0.00830. The predicted molar refractivity (Wildman–Crippen MR) is 67.5 cm³/mol. The van der Waals surface area contributed by atoms with Gasteiger partial charge in [-0.1, -0.05) is 11.8 Å². The van der Waals surface area contributed by atoms with Crippen molar-refractivity contribution in [2.24, 2.45) is 5.73 Å². The minimum atomic E-state index is 0.00830. The van der Waals surface area contributed by atoms with Crippen molar-refractivity contribution in [3.63, 3.8) is 0 Å². The molecule has 0 spiro atoms. The molecular formula is C14H16N2O. The van der Waals surface area contributed by atoms with Crippen LogP contribution in [-0.4, -0.2) is 18.5 Å². The number of hydrogen-bond acceptors (Lipinski definition) is 2. The number of carbonyl (C=O) groups excluding carboxylic acids is 1. The van der Waals surface area contributed by atoms with Crippen molar-refractivity contribution in [2.75, 3.05) is 6.54 Å². The Morgan fingerprint density at radius 1 is 1.35 bits per heavy atom. The lowest BCUT2D eigenvalue weighted by atomic mass is 10.1. The third-order valence-electron chi connectivity index (χ3n) is 2.56. The van der Waals surface area contributed by atoms with Crippen LogP contribution in [0.25, 0.3) is 0 Å². The first-order chi connectivity index (χ1) is 8.29. The summed E-state index contributed by atoms with van der Waals surface area (Å²) in [7, 11) is 0. The minimum Gasteiger partial charge on any atom is -0.349 e. The molecule has 0 saturated heterocycles. The lowest BCUT2D eigenvalue weighted by molar-refractivity contribution is 0.0951. The summed E-state index contributed by atoms with van der Waals surface area (Å²) in [5.74, 6) is 5.98. The van der Waals surface area contributed by atoms with E-state index >= 15 is 0 Å². The Labute approximate surface area is 101 Å². The van der Waals surface area contributed by atoms with Gasteiger partial charge in [-0.05, 0) is 37.1 Å². The Morgan fingerprint density at radius 3 is 2.65 bits per heavy atom. The SMILES string of the molecule is NCCC#Cc1ccc(C(=O)NC2CC2)cc1. The molecule has 0 bridgehead atoms. The van der Waals surface area contributed by atoms with Gasteiger partial charge in [0.1, 0.15) is 0 Å². The zero-order valence-corrected chi connectivity index (χ0v) is 9.70. The van der Waals surface area contributed by atoms with Gasteiger partial charge in [0, 0.05) is 30.1 Å². The van der Waals surface area contributed by atoms with Gasteiger partial charge in [-0.3, -0.25) is 4.79 Å². The fourth-order valence-electron chi connectivity index (χ4n) is 1.44. The van der Waals surface area contributed by atoms with Gasteiger partial charge in [0.15, 0.2) is 0 Å². The highest BCUT2D eigenvalue weighted by Gasteiger charge is 2.23. The van der Waals surface area contributed by atoms with Gasteiger partial charge in [0.25, 0.3) is 5.91 Å². The average molecular weight is 228 g/mol. The Morgan fingerprint density at radius 2 is 2.06 bits per heavy atom. The summed E-state index contributed by atoms with van der Waals surface area (Å²) < 4.78 is 0. The number of hydrogen-bond donors (Lipinski definition) is 2. The Hall–Kier alpha value is -1.79. The molecular weight excluding hydrogens is 212 g/mol. The van der Waals surface area contributed by atoms with E-state index in [-0.39, 0.29) is 5.91 Å². The highest BCUT2D eigenvalue weighted by molar-refractivity contribution is 5.94. The molecule has 0 unspecified atom stereocenters. The summed E-state index contributed by atoms with van der Waals surface area (Å²) in [5, 5.41) is 2.95. The number of amides is 1. The maximum absolute atomic E-state index is 11.7. The fourth-order valence-corrected chi connectivity index (χ4v) is 1.44. The van der Waals surface area contributed by atoms with Crippen LogP contribution in [0.5, 0.6) is 0 Å². The second kappa shape index (κ2) is 5.51. The topological polar surface area (TPSA) is 55.1 Å². The standard InChI is InChI=1S/C14H16N2O/c15-10-2-1-3-11-4-6-12(7-5-11)14(17)16-13-8-9-13/h4-7,13H,2,8-10,15H2,(H,16,17). The molecule has 0 aliphatic heterocycles. The van der Waals surface area contributed by atoms with Crippen molar-refractivity contribution in [1.82, 2.24) is 5.32 Å². The van der Waals surface area contributed by atoms with Gasteiger partial charge in [-0.25, -0.2) is 0 Å². The second-order valence-electron chi connectivity index (χ2n) is 4.17. The average Bonchev–Trinajstić information content (AvgIpc) is 3.14. The molecule has 3 N–H and O–H groups in total. The van der Waals surface area contributed by atoms with Crippen LogP contribution >= 0.6 is 0 Å². The third kappa shape index (κ3) is 3.61. The molecule has 1 aliphatic carbocycles. The van der Waals surface area contributed by atoms with Gasteiger partial charge < -0.3 is 11.1 Å². The molecule has 1 amide bonds. The number of carbonyl (C=O) groups is 1. The molecule has 0 aromatic heterocycles. The zero-order valence-electron chi connectivity index (χ0n) is 9.70. The van der Waals surface area contributed by atoms with E-state index < -0.39 is 0 Å². The van der Waals surface area contributed by atoms with Crippen molar-refractivity contribution in [2.45, 2.75) is 25.3 Å². The largest absolute Gasteiger partial charge is 0.349 e. The summed E-state index contributed by atoms with van der Waals surface area (Å²) in [6.07, 6.45) is 2.91. The lowest BCUT2D eigenvalue weighted by Gasteiger charge is -2.02. The van der Waals surface area contributed by atoms with Gasteiger partial charge in [0.05, 0.1) is 0 Å². The van der Waals surface area contributed by atoms with Gasteiger partial charge in [0.2, 0.25) is 0 Å². The maximum atomic E-state index is 11.7. The van der Waals surface area contributed by atoms with Crippen LogP contribution in [0.4, 0.5) is 0 Å². The molecule has 1 aliphatic rings. The molecule has 0 atom stereocenters. The molecule has 17 heavy (non-hydrogen) atoms. The van der Waals surface area contributed by atoms with Crippen LogP contribution in [0, 0.1) is 11.8 Å². The smallest absolute Gasteiger partial charge is 0.251 e. The van der Waals surface area contributed by atoms with E-state index in [1.54, 1.807) is 0 Å². The van der Waals surface area contributed by atoms with Crippen LogP contribution < -0.4 is 11.1 Å². The molecule has 1 aromatic rings. The van der Waals surface area contributed by atoms with Crippen molar-refractivity contribution in [3.8, 4) is 11.8 Å². The van der Waals surface area contributed by atoms with Crippen LogP contribution in [0.15, 0.2) is 24.3 Å². The zero-order chi connectivity index (χ0) is 12.1. The Balaban J connectivity index is 1.97. The third-order valence-corrected chi connectivity index (χ3v) is 2.56. The van der Waals surface area contributed by atoms with Crippen molar-refractivity contribution < 1.29 is 4.79 Å². The highest BCUT2D eigenvalue weighted by Crippen LogP contribution is 2.19. The molecule has 1 aromatic carbocycles. The van der Waals surface area contributed by atoms with Gasteiger partial charge in [-0.2, -0.15) is 0 Å². The summed E-state index contributed by atoms with van der Waals surface area (Å²) in [4.78, 5) is 11.7. The fraction of sp³-hybridized carbons (Fsp3) is 0.357. The van der Waals surface area contributed by atoms with E-state index in [1.807, 2.05) is 24.3 Å². The van der Waals surface area contributed by atoms with Gasteiger partial charge in [-0.15, -0.1) is 0 Å². The molecule has 0 heterocycles. The van der Waals surface area contributed by atoms with Crippen molar-refractivity contribution in [3.05, 3.63) is 35.4 Å². The number of nitrogens with one attached hydrogen (secondary N) is 1. The summed E-state index contributed by atoms with van der Waals surface area (Å²) in [6.45, 7) is 0.578. The van der Waals surface area contributed by atoms with E-state index in [0.717, 1.165) is 18.4 Å². The number of nitrogens with two attached hydrogens (primary N) is 1. The summed E-state index contributed by atoms with van der Waals surface area (Å²) >= 11 is 0. The number of rotatable bonds is 3. The van der Waals surface area contributed by atoms with Crippen molar-refractivity contribution >= 4 is 5.91 Å². The first-order valence-corrected chi connectivity index (χ1v) is 5.89. The maximum Gasteiger partial charge on any atom is 0.251 e. The van der Waals surface area contributed by atoms with Crippen LogP contribution in [0.2, 0.25) is 0 Å². The van der Waals surface area contributed by atoms with Crippen LogP contribution in [0.1, 0.15) is 35.2 Å². The normalized spacial score (nSPS) is 13.7. The molecule has 0 radical (unpaired) electrons. The Bertz CT molecular complexity index is 449.